The molecule has 4 rings (SSSR count). The van der Waals surface area contributed by atoms with E-state index in [1.165, 1.54) is 0 Å². The van der Waals surface area contributed by atoms with Crippen LogP contribution in [0.1, 0.15) is 41.1 Å². The number of aryl methyl sites for hydroxylation is 2. The molecule has 3 unspecified atom stereocenters. The second-order valence-corrected chi connectivity index (χ2v) is 7.80. The number of fused-ring (bicyclic) bond motifs is 2. The number of rotatable bonds is 2. The molecule has 0 radical (unpaired) electrons. The minimum atomic E-state index is -4.52. The van der Waals surface area contributed by atoms with Crippen molar-refractivity contribution in [3.05, 3.63) is 58.7 Å². The molecule has 3 atom stereocenters. The summed E-state index contributed by atoms with van der Waals surface area (Å²) >= 11 is 0. The van der Waals surface area contributed by atoms with Gasteiger partial charge in [-0.15, -0.1) is 0 Å². The molecule has 0 spiro atoms. The van der Waals surface area contributed by atoms with E-state index in [0.29, 0.717) is 11.5 Å². The normalized spacial score (nSPS) is 23.0. The first-order chi connectivity index (χ1) is 14.1. The van der Waals surface area contributed by atoms with Crippen LogP contribution in [0, 0.1) is 19.8 Å². The first kappa shape index (κ1) is 20.3. The van der Waals surface area contributed by atoms with E-state index < -0.39 is 36.0 Å². The third-order valence-corrected chi connectivity index (χ3v) is 5.65. The summed E-state index contributed by atoms with van der Waals surface area (Å²) in [6, 6.07) is 8.67. The number of benzene rings is 2. The molecule has 2 N–H and O–H groups in total. The average molecular weight is 418 g/mol. The molecule has 0 saturated carbocycles. The van der Waals surface area contributed by atoms with E-state index in [4.69, 9.17) is 4.74 Å². The third-order valence-electron chi connectivity index (χ3n) is 5.65. The highest BCUT2D eigenvalue weighted by Crippen LogP contribution is 2.44. The summed E-state index contributed by atoms with van der Waals surface area (Å²) in [5.74, 6) is -1.47. The highest BCUT2D eigenvalue weighted by atomic mass is 19.4. The Morgan fingerprint density at radius 2 is 1.90 bits per heavy atom. The van der Waals surface area contributed by atoms with Crippen molar-refractivity contribution in [3.8, 4) is 11.5 Å². The number of piperidine rings is 1. The predicted molar refractivity (Wildman–Crippen MR) is 103 cm³/mol. The van der Waals surface area contributed by atoms with Gasteiger partial charge in [0.15, 0.2) is 0 Å². The van der Waals surface area contributed by atoms with Crippen LogP contribution in [0.3, 0.4) is 0 Å². The van der Waals surface area contributed by atoms with Crippen molar-refractivity contribution in [2.75, 3.05) is 0 Å². The molecule has 30 heavy (non-hydrogen) atoms. The lowest BCUT2D eigenvalue weighted by Gasteiger charge is -2.33. The quantitative estimate of drug-likeness (QED) is 0.723. The number of halogens is 3. The molecule has 5 nitrogen and oxygen atoms in total. The van der Waals surface area contributed by atoms with Gasteiger partial charge in [0.05, 0.1) is 6.04 Å². The van der Waals surface area contributed by atoms with Gasteiger partial charge in [0.1, 0.15) is 23.5 Å². The molecule has 2 heterocycles. The van der Waals surface area contributed by atoms with Crippen LogP contribution in [0.2, 0.25) is 0 Å². The van der Waals surface area contributed by atoms with Crippen molar-refractivity contribution in [1.82, 2.24) is 10.6 Å². The molecule has 2 aliphatic rings. The van der Waals surface area contributed by atoms with E-state index in [1.807, 2.05) is 49.5 Å². The molecular formula is C22H21F3N2O3. The monoisotopic (exact) mass is 418 g/mol. The zero-order chi connectivity index (χ0) is 21.6. The summed E-state index contributed by atoms with van der Waals surface area (Å²) in [5.41, 5.74) is 3.39. The smallest absolute Gasteiger partial charge is 0.408 e. The van der Waals surface area contributed by atoms with Crippen LogP contribution in [-0.4, -0.2) is 24.0 Å². The van der Waals surface area contributed by atoms with E-state index in [9.17, 15) is 22.8 Å². The number of nitrogens with one attached hydrogen (secondary N) is 2. The minimum Gasteiger partial charge on any atom is -0.457 e. The molecule has 2 aliphatic heterocycles. The molecular weight excluding hydrogens is 397 g/mol. The van der Waals surface area contributed by atoms with Crippen molar-refractivity contribution in [3.63, 3.8) is 0 Å². The predicted octanol–water partition coefficient (Wildman–Crippen LogP) is 4.07. The maximum atomic E-state index is 12.9. The number of ether oxygens (including phenoxy) is 1. The van der Waals surface area contributed by atoms with Crippen molar-refractivity contribution in [1.29, 1.82) is 0 Å². The number of carbonyl (C=O) groups is 2. The van der Waals surface area contributed by atoms with Crippen molar-refractivity contribution in [2.24, 2.45) is 5.92 Å². The molecule has 8 heteroatoms. The largest absolute Gasteiger partial charge is 0.457 e. The van der Waals surface area contributed by atoms with Crippen LogP contribution in [0.15, 0.2) is 36.4 Å². The van der Waals surface area contributed by atoms with Crippen molar-refractivity contribution < 1.29 is 27.5 Å². The zero-order valence-electron chi connectivity index (χ0n) is 16.5. The highest BCUT2D eigenvalue weighted by Gasteiger charge is 2.46. The Morgan fingerprint density at radius 1 is 1.13 bits per heavy atom. The first-order valence-corrected chi connectivity index (χ1v) is 9.70. The zero-order valence-corrected chi connectivity index (χ0v) is 16.5. The van der Waals surface area contributed by atoms with Gasteiger partial charge in [-0.25, -0.2) is 0 Å². The fourth-order valence-electron chi connectivity index (χ4n) is 4.05. The Hall–Kier alpha value is -3.03. The van der Waals surface area contributed by atoms with Gasteiger partial charge in [-0.3, -0.25) is 9.59 Å². The third kappa shape index (κ3) is 3.62. The van der Waals surface area contributed by atoms with Crippen LogP contribution in [0.5, 0.6) is 11.5 Å². The first-order valence-electron chi connectivity index (χ1n) is 9.70. The molecule has 1 saturated heterocycles. The Morgan fingerprint density at radius 3 is 2.60 bits per heavy atom. The SMILES string of the molecule is Cc1ccc2c(c1)Oc1cccc(C)c1C2NC(=O)C1CCC(C(F)(F)F)NC1=O. The van der Waals surface area contributed by atoms with Gasteiger partial charge < -0.3 is 15.4 Å². The fraction of sp³-hybridized carbons (Fsp3) is 0.364. The molecule has 2 aromatic rings. The standard InChI is InChI=1S/C22H21F3N2O3/c1-11-6-7-13-16(10-11)30-15-5-3-4-12(2)18(15)19(13)27-21(29)14-8-9-17(22(23,24)25)26-20(14)28/h3-7,10,14,17,19H,8-9H2,1-2H3,(H,26,28)(H,27,29). The summed E-state index contributed by atoms with van der Waals surface area (Å²) in [6.07, 6.45) is -5.01. The molecule has 0 bridgehead atoms. The van der Waals surface area contributed by atoms with E-state index in [1.54, 1.807) is 6.07 Å². The lowest BCUT2D eigenvalue weighted by Crippen LogP contribution is -2.54. The number of carbonyl (C=O) groups excluding carboxylic acids is 2. The van der Waals surface area contributed by atoms with Crippen LogP contribution in [0.25, 0.3) is 0 Å². The maximum absolute atomic E-state index is 12.9. The minimum absolute atomic E-state index is 0.160. The Balaban J connectivity index is 1.62. The van der Waals surface area contributed by atoms with Gasteiger partial charge in [-0.2, -0.15) is 13.2 Å². The summed E-state index contributed by atoms with van der Waals surface area (Å²) in [7, 11) is 0. The van der Waals surface area contributed by atoms with E-state index >= 15 is 0 Å². The van der Waals surface area contributed by atoms with E-state index in [2.05, 4.69) is 5.32 Å². The highest BCUT2D eigenvalue weighted by molar-refractivity contribution is 6.01. The summed E-state index contributed by atoms with van der Waals surface area (Å²) in [5, 5.41) is 4.82. The molecule has 158 valence electrons. The summed E-state index contributed by atoms with van der Waals surface area (Å²) in [6.45, 7) is 3.81. The molecule has 0 aliphatic carbocycles. The molecule has 0 aromatic heterocycles. The number of alkyl halides is 3. The maximum Gasteiger partial charge on any atom is 0.408 e. The average Bonchev–Trinajstić information content (AvgIpc) is 2.66. The van der Waals surface area contributed by atoms with Crippen LogP contribution in [0.4, 0.5) is 13.2 Å². The van der Waals surface area contributed by atoms with Crippen LogP contribution in [-0.2, 0) is 9.59 Å². The molecule has 1 fully saturated rings. The van der Waals surface area contributed by atoms with E-state index in [-0.39, 0.29) is 12.8 Å². The number of amides is 2. The topological polar surface area (TPSA) is 67.4 Å². The summed E-state index contributed by atoms with van der Waals surface area (Å²) in [4.78, 5) is 25.2. The van der Waals surface area contributed by atoms with Gasteiger partial charge in [0.2, 0.25) is 11.8 Å². The molecule has 2 aromatic carbocycles. The number of hydrogen-bond donors (Lipinski definition) is 2. The Bertz CT molecular complexity index is 1020. The Kier molecular flexibility index (Phi) is 4.95. The van der Waals surface area contributed by atoms with Crippen molar-refractivity contribution >= 4 is 11.8 Å². The van der Waals surface area contributed by atoms with Gasteiger partial charge in [-0.1, -0.05) is 24.3 Å². The van der Waals surface area contributed by atoms with Crippen molar-refractivity contribution in [2.45, 2.75) is 44.9 Å². The van der Waals surface area contributed by atoms with E-state index in [0.717, 1.165) is 22.3 Å². The second kappa shape index (κ2) is 7.34. The van der Waals surface area contributed by atoms with Crippen LogP contribution >= 0.6 is 0 Å². The van der Waals surface area contributed by atoms with Gasteiger partial charge >= 0.3 is 6.18 Å². The summed E-state index contributed by atoms with van der Waals surface area (Å²) < 4.78 is 44.7. The fourth-order valence-corrected chi connectivity index (χ4v) is 4.05. The lowest BCUT2D eigenvalue weighted by atomic mass is 9.88. The molecule has 2 amide bonds. The number of hydrogen-bond acceptors (Lipinski definition) is 3. The second-order valence-electron chi connectivity index (χ2n) is 7.80. The van der Waals surface area contributed by atoms with Gasteiger partial charge in [0, 0.05) is 11.1 Å². The van der Waals surface area contributed by atoms with Crippen LogP contribution < -0.4 is 15.4 Å². The van der Waals surface area contributed by atoms with Gasteiger partial charge in [0.25, 0.3) is 0 Å². The lowest BCUT2D eigenvalue weighted by molar-refractivity contribution is -0.171. The van der Waals surface area contributed by atoms with Gasteiger partial charge in [-0.05, 0) is 49.9 Å². The Labute approximate surface area is 171 Å².